The molecule has 1 N–H and O–H groups in total. The van der Waals surface area contributed by atoms with Crippen molar-refractivity contribution in [1.82, 2.24) is 5.32 Å². The molecule has 2 rings (SSSR count). The minimum absolute atomic E-state index is 0.0338. The molecular weight excluding hydrogens is 336 g/mol. The molecule has 2 aromatic carbocycles. The first-order valence-corrected chi connectivity index (χ1v) is 7.05. The molecule has 0 aromatic heterocycles. The first-order chi connectivity index (χ1) is 9.99. The Bertz CT molecular complexity index is 684. The fraction of sp³-hybridized carbons (Fsp3) is 0.133. The largest absolute Gasteiger partial charge is 0.348 e. The number of amides is 1. The van der Waals surface area contributed by atoms with Gasteiger partial charge in [-0.3, -0.25) is 14.9 Å². The van der Waals surface area contributed by atoms with Gasteiger partial charge in [-0.15, -0.1) is 0 Å². The Morgan fingerprint density at radius 2 is 1.90 bits per heavy atom. The van der Waals surface area contributed by atoms with Crippen molar-refractivity contribution < 1.29 is 9.72 Å². The summed E-state index contributed by atoms with van der Waals surface area (Å²) in [7, 11) is 0. The van der Waals surface area contributed by atoms with Crippen LogP contribution in [0.4, 0.5) is 5.69 Å². The van der Waals surface area contributed by atoms with Gasteiger partial charge in [-0.1, -0.05) is 24.3 Å². The van der Waals surface area contributed by atoms with Crippen LogP contribution in [0.5, 0.6) is 0 Å². The van der Waals surface area contributed by atoms with Crippen molar-refractivity contribution in [2.24, 2.45) is 0 Å². The lowest BCUT2D eigenvalue weighted by Crippen LogP contribution is -2.23. The van der Waals surface area contributed by atoms with E-state index in [1.165, 1.54) is 12.1 Å². The molecule has 0 atom stereocenters. The monoisotopic (exact) mass is 348 g/mol. The van der Waals surface area contributed by atoms with Crippen molar-refractivity contribution in [3.8, 4) is 0 Å². The van der Waals surface area contributed by atoms with Crippen molar-refractivity contribution in [2.75, 3.05) is 0 Å². The lowest BCUT2D eigenvalue weighted by molar-refractivity contribution is -0.384. The second-order valence-corrected chi connectivity index (χ2v) is 5.34. The Morgan fingerprint density at radius 3 is 2.52 bits per heavy atom. The van der Waals surface area contributed by atoms with Crippen LogP contribution in [0.25, 0.3) is 0 Å². The van der Waals surface area contributed by atoms with E-state index in [9.17, 15) is 14.9 Å². The van der Waals surface area contributed by atoms with Gasteiger partial charge in [0.25, 0.3) is 11.6 Å². The summed E-state index contributed by atoms with van der Waals surface area (Å²) in [4.78, 5) is 22.2. The molecule has 0 heterocycles. The molecule has 1 amide bonds. The van der Waals surface area contributed by atoms with Crippen LogP contribution in [0, 0.1) is 17.0 Å². The molecule has 21 heavy (non-hydrogen) atoms. The number of rotatable bonds is 4. The first-order valence-electron chi connectivity index (χ1n) is 6.25. The van der Waals surface area contributed by atoms with Crippen LogP contribution in [-0.2, 0) is 6.54 Å². The maximum Gasteiger partial charge on any atom is 0.269 e. The van der Waals surface area contributed by atoms with E-state index < -0.39 is 4.92 Å². The van der Waals surface area contributed by atoms with E-state index in [0.29, 0.717) is 12.1 Å². The normalized spacial score (nSPS) is 10.2. The fourth-order valence-electron chi connectivity index (χ4n) is 1.84. The van der Waals surface area contributed by atoms with Crippen molar-refractivity contribution >= 4 is 27.5 Å². The summed E-state index contributed by atoms with van der Waals surface area (Å²) in [5.74, 6) is -0.191. The van der Waals surface area contributed by atoms with Gasteiger partial charge in [0.15, 0.2) is 0 Å². The Kier molecular flexibility index (Phi) is 4.70. The van der Waals surface area contributed by atoms with Gasteiger partial charge in [0.2, 0.25) is 0 Å². The van der Waals surface area contributed by atoms with Crippen LogP contribution >= 0.6 is 15.9 Å². The van der Waals surface area contributed by atoms with E-state index >= 15 is 0 Å². The summed E-state index contributed by atoms with van der Waals surface area (Å²) in [6.07, 6.45) is 0. The van der Waals surface area contributed by atoms with Crippen LogP contribution in [0.2, 0.25) is 0 Å². The molecule has 0 spiro atoms. The summed E-state index contributed by atoms with van der Waals surface area (Å²) in [5.41, 5.74) is 2.39. The number of benzene rings is 2. The van der Waals surface area contributed by atoms with Gasteiger partial charge in [-0.25, -0.2) is 0 Å². The summed E-state index contributed by atoms with van der Waals surface area (Å²) >= 11 is 3.40. The van der Waals surface area contributed by atoms with E-state index in [1.54, 1.807) is 18.2 Å². The molecule has 0 radical (unpaired) electrons. The number of nitro groups is 1. The third kappa shape index (κ3) is 3.66. The average molecular weight is 349 g/mol. The van der Waals surface area contributed by atoms with Crippen LogP contribution in [0.15, 0.2) is 46.9 Å². The van der Waals surface area contributed by atoms with E-state index in [2.05, 4.69) is 21.2 Å². The lowest BCUT2D eigenvalue weighted by Gasteiger charge is -2.08. The topological polar surface area (TPSA) is 72.2 Å². The van der Waals surface area contributed by atoms with Gasteiger partial charge in [0.1, 0.15) is 0 Å². The van der Waals surface area contributed by atoms with Crippen molar-refractivity contribution in [2.45, 2.75) is 13.5 Å². The summed E-state index contributed by atoms with van der Waals surface area (Å²) in [6, 6.07) is 11.6. The highest BCUT2D eigenvalue weighted by Gasteiger charge is 2.11. The standard InChI is InChI=1S/C15H13BrN2O3/c1-10-3-2-4-13(14(10)16)15(19)17-9-11-5-7-12(8-6-11)18(20)21/h2-8H,9H2,1H3,(H,17,19). The predicted molar refractivity (Wildman–Crippen MR) is 83.1 cm³/mol. The number of nitrogens with one attached hydrogen (secondary N) is 1. The molecule has 0 fully saturated rings. The van der Waals surface area contributed by atoms with Gasteiger partial charge in [0.05, 0.1) is 10.5 Å². The van der Waals surface area contributed by atoms with Gasteiger partial charge in [-0.2, -0.15) is 0 Å². The Balaban J connectivity index is 2.04. The number of carbonyl (C=O) groups is 1. The quantitative estimate of drug-likeness (QED) is 0.677. The number of carbonyl (C=O) groups excluding carboxylic acids is 1. The SMILES string of the molecule is Cc1cccc(C(=O)NCc2ccc([N+](=O)[O-])cc2)c1Br. The predicted octanol–water partition coefficient (Wildman–Crippen LogP) is 3.60. The first kappa shape index (κ1) is 15.2. The zero-order chi connectivity index (χ0) is 15.4. The third-order valence-electron chi connectivity index (χ3n) is 3.04. The smallest absolute Gasteiger partial charge is 0.269 e. The Hall–Kier alpha value is -2.21. The van der Waals surface area contributed by atoms with Crippen molar-refractivity contribution in [3.05, 3.63) is 73.7 Å². The number of aryl methyl sites for hydroxylation is 1. The number of hydrogen-bond donors (Lipinski definition) is 1. The summed E-state index contributed by atoms with van der Waals surface area (Å²) in [6.45, 7) is 2.23. The highest BCUT2D eigenvalue weighted by molar-refractivity contribution is 9.10. The molecule has 0 bridgehead atoms. The fourth-order valence-corrected chi connectivity index (χ4v) is 2.28. The van der Waals surface area contributed by atoms with E-state index in [1.807, 2.05) is 19.1 Å². The number of halogens is 1. The maximum absolute atomic E-state index is 12.1. The van der Waals surface area contributed by atoms with Crippen LogP contribution in [0.1, 0.15) is 21.5 Å². The van der Waals surface area contributed by atoms with Crippen LogP contribution in [0.3, 0.4) is 0 Å². The molecule has 6 heteroatoms. The van der Waals surface area contributed by atoms with E-state index in [4.69, 9.17) is 0 Å². The highest BCUT2D eigenvalue weighted by Crippen LogP contribution is 2.21. The van der Waals surface area contributed by atoms with E-state index in [0.717, 1.165) is 15.6 Å². The zero-order valence-electron chi connectivity index (χ0n) is 11.3. The number of nitro benzene ring substituents is 1. The zero-order valence-corrected chi connectivity index (χ0v) is 12.9. The molecule has 108 valence electrons. The van der Waals surface area contributed by atoms with Gasteiger partial charge < -0.3 is 5.32 Å². The van der Waals surface area contributed by atoms with Crippen molar-refractivity contribution in [1.29, 1.82) is 0 Å². The summed E-state index contributed by atoms with van der Waals surface area (Å²) in [5, 5.41) is 13.4. The van der Waals surface area contributed by atoms with Gasteiger partial charge in [0, 0.05) is 23.2 Å². The molecule has 0 aliphatic heterocycles. The Morgan fingerprint density at radius 1 is 1.24 bits per heavy atom. The Labute approximate surface area is 130 Å². The van der Waals surface area contributed by atoms with Gasteiger partial charge >= 0.3 is 0 Å². The molecule has 0 unspecified atom stereocenters. The summed E-state index contributed by atoms with van der Waals surface area (Å²) < 4.78 is 0.770. The molecule has 2 aromatic rings. The molecule has 5 nitrogen and oxygen atoms in total. The lowest BCUT2D eigenvalue weighted by atomic mass is 10.1. The van der Waals surface area contributed by atoms with Gasteiger partial charge in [-0.05, 0) is 40.0 Å². The van der Waals surface area contributed by atoms with E-state index in [-0.39, 0.29) is 11.6 Å². The highest BCUT2D eigenvalue weighted by atomic mass is 79.9. The molecule has 0 saturated heterocycles. The number of hydrogen-bond acceptors (Lipinski definition) is 3. The average Bonchev–Trinajstić information content (AvgIpc) is 2.48. The number of nitrogens with zero attached hydrogens (tertiary/aromatic N) is 1. The maximum atomic E-state index is 12.1. The third-order valence-corrected chi connectivity index (χ3v) is 4.09. The molecule has 0 aliphatic rings. The minimum atomic E-state index is -0.452. The van der Waals surface area contributed by atoms with Crippen molar-refractivity contribution in [3.63, 3.8) is 0 Å². The van der Waals surface area contributed by atoms with Crippen LogP contribution < -0.4 is 5.32 Å². The van der Waals surface area contributed by atoms with Crippen LogP contribution in [-0.4, -0.2) is 10.8 Å². The molecule has 0 saturated carbocycles. The molecule has 0 aliphatic carbocycles. The second-order valence-electron chi connectivity index (χ2n) is 4.54. The second kappa shape index (κ2) is 6.49. The molecular formula is C15H13BrN2O3. The number of non-ortho nitro benzene ring substituents is 1. The minimum Gasteiger partial charge on any atom is -0.348 e.